The van der Waals surface area contributed by atoms with Crippen LogP contribution in [0, 0.1) is 0 Å². The van der Waals surface area contributed by atoms with E-state index in [0.29, 0.717) is 22.2 Å². The molecule has 0 aliphatic carbocycles. The molecule has 164 valence electrons. The summed E-state index contributed by atoms with van der Waals surface area (Å²) in [6, 6.07) is 22.6. The molecule has 4 rings (SSSR count). The Morgan fingerprint density at radius 2 is 1.53 bits per heavy atom. The predicted molar refractivity (Wildman–Crippen MR) is 128 cm³/mol. The van der Waals surface area contributed by atoms with Crippen molar-refractivity contribution in [2.75, 3.05) is 6.54 Å². The molecule has 0 saturated heterocycles. The number of fused-ring (bicyclic) bond motifs is 1. The maximum atomic E-state index is 12.8. The molecule has 3 aromatic carbocycles. The minimum absolute atomic E-state index is 0.0443. The highest BCUT2D eigenvalue weighted by Gasteiger charge is 2.30. The summed E-state index contributed by atoms with van der Waals surface area (Å²) >= 11 is 12.1. The molecule has 6 heteroatoms. The highest BCUT2D eigenvalue weighted by Crippen LogP contribution is 2.34. The van der Waals surface area contributed by atoms with Gasteiger partial charge in [0.05, 0.1) is 12.5 Å². The van der Waals surface area contributed by atoms with E-state index in [-0.39, 0.29) is 36.1 Å². The third-order valence-corrected chi connectivity index (χ3v) is 6.60. The molecular weight excluding hydrogens is 443 g/mol. The van der Waals surface area contributed by atoms with Crippen LogP contribution in [-0.4, -0.2) is 18.4 Å². The Hall–Kier alpha value is -2.82. The van der Waals surface area contributed by atoms with E-state index in [0.717, 1.165) is 16.7 Å². The predicted octanol–water partition coefficient (Wildman–Crippen LogP) is 5.87. The average Bonchev–Trinajstić information content (AvgIpc) is 3.11. The molecule has 0 saturated carbocycles. The first-order valence-corrected chi connectivity index (χ1v) is 11.4. The van der Waals surface area contributed by atoms with Crippen molar-refractivity contribution in [1.82, 2.24) is 10.6 Å². The van der Waals surface area contributed by atoms with Gasteiger partial charge >= 0.3 is 0 Å². The molecule has 0 radical (unpaired) electrons. The van der Waals surface area contributed by atoms with Gasteiger partial charge in [-0.05, 0) is 52.9 Å². The Morgan fingerprint density at radius 3 is 2.19 bits per heavy atom. The van der Waals surface area contributed by atoms with Gasteiger partial charge in [-0.15, -0.1) is 0 Å². The zero-order chi connectivity index (χ0) is 22.7. The van der Waals surface area contributed by atoms with Crippen LogP contribution < -0.4 is 10.6 Å². The molecule has 0 aromatic heterocycles. The zero-order valence-electron chi connectivity index (χ0n) is 17.6. The molecule has 3 unspecified atom stereocenters. The quantitative estimate of drug-likeness (QED) is 0.457. The summed E-state index contributed by atoms with van der Waals surface area (Å²) in [5.41, 5.74) is 3.74. The Bertz CT molecular complexity index is 1110. The summed E-state index contributed by atoms with van der Waals surface area (Å²) < 4.78 is 0. The van der Waals surface area contributed by atoms with Gasteiger partial charge in [-0.25, -0.2) is 0 Å². The highest BCUT2D eigenvalue weighted by molar-refractivity contribution is 6.30. The van der Waals surface area contributed by atoms with Crippen LogP contribution in [0.1, 0.15) is 58.3 Å². The maximum absolute atomic E-state index is 12.8. The van der Waals surface area contributed by atoms with E-state index in [4.69, 9.17) is 23.2 Å². The third-order valence-electron chi connectivity index (χ3n) is 6.09. The fourth-order valence-electron chi connectivity index (χ4n) is 4.26. The van der Waals surface area contributed by atoms with E-state index in [2.05, 4.69) is 17.6 Å². The largest absolute Gasteiger partial charge is 0.355 e. The second-order valence-electron chi connectivity index (χ2n) is 8.12. The molecule has 0 spiro atoms. The number of nitrogens with one attached hydrogen (secondary N) is 2. The van der Waals surface area contributed by atoms with Gasteiger partial charge in [0.2, 0.25) is 5.91 Å². The van der Waals surface area contributed by atoms with Crippen molar-refractivity contribution in [3.63, 3.8) is 0 Å². The number of amides is 2. The molecule has 32 heavy (non-hydrogen) atoms. The molecule has 2 N–H and O–H groups in total. The number of carbonyl (C=O) groups is 2. The summed E-state index contributed by atoms with van der Waals surface area (Å²) in [6.45, 7) is 2.61. The van der Waals surface area contributed by atoms with Crippen LogP contribution in [0.25, 0.3) is 0 Å². The lowest BCUT2D eigenvalue weighted by atomic mass is 9.82. The van der Waals surface area contributed by atoms with Gasteiger partial charge in [0, 0.05) is 28.1 Å². The Balaban J connectivity index is 1.47. The molecule has 1 aliphatic heterocycles. The Labute approximate surface area is 197 Å². The van der Waals surface area contributed by atoms with Crippen molar-refractivity contribution in [2.45, 2.75) is 31.2 Å². The lowest BCUT2D eigenvalue weighted by Gasteiger charge is -2.26. The highest BCUT2D eigenvalue weighted by atomic mass is 35.5. The number of hydrogen-bond acceptors (Lipinski definition) is 2. The third kappa shape index (κ3) is 4.98. The van der Waals surface area contributed by atoms with Gasteiger partial charge in [-0.2, -0.15) is 0 Å². The van der Waals surface area contributed by atoms with Crippen LogP contribution in [0.15, 0.2) is 72.8 Å². The van der Waals surface area contributed by atoms with Crippen LogP contribution in [0.3, 0.4) is 0 Å². The molecule has 0 fully saturated rings. The topological polar surface area (TPSA) is 58.2 Å². The van der Waals surface area contributed by atoms with Crippen molar-refractivity contribution in [3.8, 4) is 0 Å². The smallest absolute Gasteiger partial charge is 0.252 e. The van der Waals surface area contributed by atoms with Crippen molar-refractivity contribution in [1.29, 1.82) is 0 Å². The van der Waals surface area contributed by atoms with Crippen LogP contribution in [0.4, 0.5) is 0 Å². The average molecular weight is 467 g/mol. The van der Waals surface area contributed by atoms with Gasteiger partial charge in [0.15, 0.2) is 0 Å². The summed E-state index contributed by atoms with van der Waals surface area (Å²) in [4.78, 5) is 25.0. The Kier molecular flexibility index (Phi) is 6.83. The fourth-order valence-corrected chi connectivity index (χ4v) is 4.51. The van der Waals surface area contributed by atoms with Crippen molar-refractivity contribution in [2.24, 2.45) is 0 Å². The monoisotopic (exact) mass is 466 g/mol. The SMILES string of the molecule is CC(c1ccc(Cl)cc1)C(CNC(=O)CC1NC(=O)c2ccccc21)c1ccc(Cl)cc1. The van der Waals surface area contributed by atoms with E-state index >= 15 is 0 Å². The van der Waals surface area contributed by atoms with Gasteiger partial charge in [0.25, 0.3) is 5.91 Å². The second kappa shape index (κ2) is 9.76. The molecule has 4 nitrogen and oxygen atoms in total. The normalized spacial score (nSPS) is 16.7. The first-order chi connectivity index (χ1) is 15.4. The van der Waals surface area contributed by atoms with E-state index < -0.39 is 0 Å². The maximum Gasteiger partial charge on any atom is 0.252 e. The molecule has 0 bridgehead atoms. The lowest BCUT2D eigenvalue weighted by molar-refractivity contribution is -0.121. The van der Waals surface area contributed by atoms with E-state index in [1.807, 2.05) is 66.7 Å². The van der Waals surface area contributed by atoms with E-state index in [9.17, 15) is 9.59 Å². The summed E-state index contributed by atoms with van der Waals surface area (Å²) in [5.74, 6) is -0.0495. The minimum Gasteiger partial charge on any atom is -0.355 e. The first-order valence-electron chi connectivity index (χ1n) is 10.6. The van der Waals surface area contributed by atoms with Gasteiger partial charge in [-0.3, -0.25) is 9.59 Å². The molecule has 1 heterocycles. The van der Waals surface area contributed by atoms with Gasteiger partial charge in [-0.1, -0.05) is 72.6 Å². The van der Waals surface area contributed by atoms with Crippen molar-refractivity contribution >= 4 is 35.0 Å². The fraction of sp³-hybridized carbons (Fsp3) is 0.231. The summed E-state index contributed by atoms with van der Waals surface area (Å²) in [5, 5.41) is 7.35. The molecular formula is C26H24Cl2N2O2. The first kappa shape index (κ1) is 22.4. The lowest BCUT2D eigenvalue weighted by Crippen LogP contribution is -2.33. The summed E-state index contributed by atoms with van der Waals surface area (Å²) in [7, 11) is 0. The van der Waals surface area contributed by atoms with Crippen LogP contribution >= 0.6 is 23.2 Å². The zero-order valence-corrected chi connectivity index (χ0v) is 19.2. The van der Waals surface area contributed by atoms with Crippen LogP contribution in [0.5, 0.6) is 0 Å². The van der Waals surface area contributed by atoms with Crippen LogP contribution in [-0.2, 0) is 4.79 Å². The van der Waals surface area contributed by atoms with E-state index in [1.54, 1.807) is 6.07 Å². The number of carbonyl (C=O) groups excluding carboxylic acids is 2. The number of rotatable bonds is 7. The van der Waals surface area contributed by atoms with E-state index in [1.165, 1.54) is 0 Å². The van der Waals surface area contributed by atoms with Gasteiger partial charge < -0.3 is 10.6 Å². The summed E-state index contributed by atoms with van der Waals surface area (Å²) in [6.07, 6.45) is 0.200. The number of hydrogen-bond donors (Lipinski definition) is 2. The minimum atomic E-state index is -0.304. The van der Waals surface area contributed by atoms with Crippen molar-refractivity contribution in [3.05, 3.63) is 105 Å². The number of benzene rings is 3. The van der Waals surface area contributed by atoms with Gasteiger partial charge in [0.1, 0.15) is 0 Å². The molecule has 2 amide bonds. The molecule has 3 atom stereocenters. The standard InChI is InChI=1S/C26H24Cl2N2O2/c1-16(17-6-10-19(27)11-7-17)23(18-8-12-20(28)13-9-18)15-29-25(31)14-24-21-4-2-3-5-22(21)26(32)30-24/h2-13,16,23-24H,14-15H2,1H3,(H,29,31)(H,30,32). The molecule has 1 aliphatic rings. The Morgan fingerprint density at radius 1 is 0.938 bits per heavy atom. The molecule has 3 aromatic rings. The van der Waals surface area contributed by atoms with Crippen LogP contribution in [0.2, 0.25) is 10.0 Å². The second-order valence-corrected chi connectivity index (χ2v) is 8.99. The number of halogens is 2. The van der Waals surface area contributed by atoms with Crippen molar-refractivity contribution < 1.29 is 9.59 Å².